The molecule has 1 aromatic heterocycles. The van der Waals surface area contributed by atoms with E-state index in [4.69, 9.17) is 27.9 Å². The number of aromatic nitrogens is 1. The van der Waals surface area contributed by atoms with Gasteiger partial charge in [0.1, 0.15) is 16.1 Å². The van der Waals surface area contributed by atoms with Gasteiger partial charge in [0, 0.05) is 11.3 Å². The first kappa shape index (κ1) is 17.9. The van der Waals surface area contributed by atoms with Crippen LogP contribution >= 0.6 is 23.2 Å². The van der Waals surface area contributed by atoms with Gasteiger partial charge in [0.15, 0.2) is 0 Å². The van der Waals surface area contributed by atoms with Crippen LogP contribution in [0.3, 0.4) is 0 Å². The predicted octanol–water partition coefficient (Wildman–Crippen LogP) is 4.86. The number of hydrogen-bond donors (Lipinski definition) is 1. The van der Waals surface area contributed by atoms with E-state index in [2.05, 4.69) is 10.3 Å². The minimum atomic E-state index is -0.614. The van der Waals surface area contributed by atoms with Crippen molar-refractivity contribution in [2.45, 2.75) is 0 Å². The van der Waals surface area contributed by atoms with E-state index >= 15 is 0 Å². The van der Waals surface area contributed by atoms with Crippen LogP contribution in [-0.2, 0) is 0 Å². The molecule has 0 atom stereocenters. The minimum absolute atomic E-state index is 0.100. The van der Waals surface area contributed by atoms with Crippen LogP contribution in [0.4, 0.5) is 5.69 Å². The summed E-state index contributed by atoms with van der Waals surface area (Å²) in [6, 6.07) is 18.0. The lowest BCUT2D eigenvalue weighted by Gasteiger charge is -2.08. The van der Waals surface area contributed by atoms with Gasteiger partial charge in [-0.05, 0) is 48.5 Å². The maximum absolute atomic E-state index is 12.1. The van der Waals surface area contributed by atoms with Crippen LogP contribution in [-0.4, -0.2) is 16.9 Å². The molecule has 0 aliphatic heterocycles. The number of carbonyl (C=O) groups is 2. The number of halogens is 2. The van der Waals surface area contributed by atoms with E-state index in [-0.39, 0.29) is 21.8 Å². The molecule has 3 rings (SSSR count). The summed E-state index contributed by atoms with van der Waals surface area (Å²) in [4.78, 5) is 28.0. The molecular weight excluding hydrogens is 375 g/mol. The second-order valence-corrected chi connectivity index (χ2v) is 6.01. The summed E-state index contributed by atoms with van der Waals surface area (Å²) in [5, 5.41) is 2.96. The molecule has 1 N–H and O–H groups in total. The van der Waals surface area contributed by atoms with Crippen LogP contribution in [0.1, 0.15) is 20.7 Å². The zero-order valence-electron chi connectivity index (χ0n) is 13.3. The fourth-order valence-electron chi connectivity index (χ4n) is 2.15. The zero-order valence-corrected chi connectivity index (χ0v) is 14.8. The average molecular weight is 387 g/mol. The van der Waals surface area contributed by atoms with Crippen LogP contribution in [0.5, 0.6) is 5.75 Å². The number of rotatable bonds is 4. The summed E-state index contributed by atoms with van der Waals surface area (Å²) in [5.74, 6) is -0.523. The van der Waals surface area contributed by atoms with E-state index < -0.39 is 5.97 Å². The monoisotopic (exact) mass is 386 g/mol. The summed E-state index contributed by atoms with van der Waals surface area (Å²) in [5.41, 5.74) is 1.32. The van der Waals surface area contributed by atoms with Gasteiger partial charge in [-0.15, -0.1) is 0 Å². The molecule has 26 heavy (non-hydrogen) atoms. The molecule has 0 spiro atoms. The number of anilines is 1. The van der Waals surface area contributed by atoms with Crippen LogP contribution in [0.25, 0.3) is 0 Å². The van der Waals surface area contributed by atoms with E-state index in [0.717, 1.165) is 0 Å². The Morgan fingerprint density at radius 2 is 1.46 bits per heavy atom. The Hall–Kier alpha value is -2.89. The van der Waals surface area contributed by atoms with E-state index in [1.807, 2.05) is 6.07 Å². The van der Waals surface area contributed by atoms with Crippen LogP contribution in [0, 0.1) is 0 Å². The van der Waals surface area contributed by atoms with Gasteiger partial charge in [0.05, 0.1) is 5.56 Å². The van der Waals surface area contributed by atoms with Gasteiger partial charge in [-0.2, -0.15) is 0 Å². The molecule has 0 bridgehead atoms. The third-order valence-electron chi connectivity index (χ3n) is 3.36. The van der Waals surface area contributed by atoms with Gasteiger partial charge >= 0.3 is 5.97 Å². The number of esters is 1. The fourth-order valence-corrected chi connectivity index (χ4v) is 2.61. The maximum Gasteiger partial charge on any atom is 0.343 e. The average Bonchev–Trinajstić information content (AvgIpc) is 2.63. The van der Waals surface area contributed by atoms with Gasteiger partial charge in [-0.25, -0.2) is 9.78 Å². The smallest absolute Gasteiger partial charge is 0.343 e. The Balaban J connectivity index is 1.66. The van der Waals surface area contributed by atoms with E-state index in [1.165, 1.54) is 12.1 Å². The SMILES string of the molecule is O=C(Nc1ccc(OC(=O)c2cc(Cl)nc(Cl)c2)cc1)c1ccccc1. The highest BCUT2D eigenvalue weighted by atomic mass is 35.5. The van der Waals surface area contributed by atoms with Crippen LogP contribution in [0.15, 0.2) is 66.7 Å². The molecule has 0 unspecified atom stereocenters. The van der Waals surface area contributed by atoms with Gasteiger partial charge in [0.25, 0.3) is 5.91 Å². The van der Waals surface area contributed by atoms with Crippen molar-refractivity contribution >= 4 is 40.8 Å². The molecule has 2 aromatic carbocycles. The van der Waals surface area contributed by atoms with Gasteiger partial charge in [-0.3, -0.25) is 4.79 Å². The third-order valence-corrected chi connectivity index (χ3v) is 3.74. The summed E-state index contributed by atoms with van der Waals surface area (Å²) in [7, 11) is 0. The fraction of sp³-hybridized carbons (Fsp3) is 0. The number of hydrogen-bond acceptors (Lipinski definition) is 4. The molecule has 0 saturated heterocycles. The molecule has 7 heteroatoms. The second kappa shape index (κ2) is 7.99. The largest absolute Gasteiger partial charge is 0.423 e. The number of ether oxygens (including phenoxy) is 1. The van der Waals surface area contributed by atoms with Crippen molar-refractivity contribution in [2.24, 2.45) is 0 Å². The molecule has 1 amide bonds. The number of pyridine rings is 1. The molecule has 5 nitrogen and oxygen atoms in total. The van der Waals surface area contributed by atoms with E-state index in [1.54, 1.807) is 48.5 Å². The maximum atomic E-state index is 12.1. The van der Waals surface area contributed by atoms with Crippen molar-refractivity contribution in [1.29, 1.82) is 0 Å². The number of carbonyl (C=O) groups excluding carboxylic acids is 2. The van der Waals surface area contributed by atoms with Crippen molar-refractivity contribution in [3.05, 3.63) is 88.2 Å². The Bertz CT molecular complexity index is 925. The molecule has 0 fully saturated rings. The molecule has 3 aromatic rings. The Morgan fingerprint density at radius 1 is 0.846 bits per heavy atom. The summed E-state index contributed by atoms with van der Waals surface area (Å²) >= 11 is 11.5. The highest BCUT2D eigenvalue weighted by molar-refractivity contribution is 6.33. The lowest BCUT2D eigenvalue weighted by atomic mass is 10.2. The van der Waals surface area contributed by atoms with Crippen LogP contribution < -0.4 is 10.1 Å². The van der Waals surface area contributed by atoms with Crippen molar-refractivity contribution < 1.29 is 14.3 Å². The summed E-state index contributed by atoms with van der Waals surface area (Å²) in [6.07, 6.45) is 0. The lowest BCUT2D eigenvalue weighted by Crippen LogP contribution is -2.12. The Labute approximate surface area is 159 Å². The number of benzene rings is 2. The van der Waals surface area contributed by atoms with E-state index in [0.29, 0.717) is 17.0 Å². The minimum Gasteiger partial charge on any atom is -0.423 e. The van der Waals surface area contributed by atoms with Crippen molar-refractivity contribution in [1.82, 2.24) is 4.98 Å². The second-order valence-electron chi connectivity index (χ2n) is 5.24. The van der Waals surface area contributed by atoms with Gasteiger partial charge in [-0.1, -0.05) is 41.4 Å². The van der Waals surface area contributed by atoms with E-state index in [9.17, 15) is 9.59 Å². The van der Waals surface area contributed by atoms with Gasteiger partial charge < -0.3 is 10.1 Å². The topological polar surface area (TPSA) is 68.3 Å². The summed E-state index contributed by atoms with van der Waals surface area (Å²) in [6.45, 7) is 0. The first-order chi connectivity index (χ1) is 12.5. The lowest BCUT2D eigenvalue weighted by molar-refractivity contribution is 0.0734. The molecule has 0 saturated carbocycles. The van der Waals surface area contributed by atoms with Crippen LogP contribution in [0.2, 0.25) is 10.3 Å². The first-order valence-corrected chi connectivity index (χ1v) is 8.28. The van der Waals surface area contributed by atoms with Crippen molar-refractivity contribution in [3.8, 4) is 5.75 Å². The first-order valence-electron chi connectivity index (χ1n) is 7.53. The van der Waals surface area contributed by atoms with Crippen molar-refractivity contribution in [2.75, 3.05) is 5.32 Å². The Kier molecular flexibility index (Phi) is 5.51. The number of nitrogens with one attached hydrogen (secondary N) is 1. The zero-order chi connectivity index (χ0) is 18.5. The predicted molar refractivity (Wildman–Crippen MR) is 100 cm³/mol. The highest BCUT2D eigenvalue weighted by Gasteiger charge is 2.12. The molecule has 1 heterocycles. The highest BCUT2D eigenvalue weighted by Crippen LogP contribution is 2.20. The summed E-state index contributed by atoms with van der Waals surface area (Å²) < 4.78 is 5.26. The standard InChI is InChI=1S/C19H12Cl2N2O3/c20-16-10-13(11-17(21)23-16)19(25)26-15-8-6-14(7-9-15)22-18(24)12-4-2-1-3-5-12/h1-11H,(H,22,24). The molecule has 0 aliphatic rings. The molecular formula is C19H12Cl2N2O3. The number of amides is 1. The normalized spacial score (nSPS) is 10.2. The molecule has 0 aliphatic carbocycles. The third kappa shape index (κ3) is 4.59. The molecule has 130 valence electrons. The van der Waals surface area contributed by atoms with Gasteiger partial charge in [0.2, 0.25) is 0 Å². The number of nitrogens with zero attached hydrogens (tertiary/aromatic N) is 1. The molecule has 0 radical (unpaired) electrons. The quantitative estimate of drug-likeness (QED) is 0.394. The Morgan fingerprint density at radius 3 is 2.08 bits per heavy atom. The van der Waals surface area contributed by atoms with Crippen molar-refractivity contribution in [3.63, 3.8) is 0 Å².